The minimum atomic E-state index is 0.647. The van der Waals surface area contributed by atoms with Gasteiger partial charge < -0.3 is 8.83 Å². The fourth-order valence-electron chi connectivity index (χ4n) is 7.68. The van der Waals surface area contributed by atoms with Crippen LogP contribution in [-0.2, 0) is 0 Å². The fourth-order valence-corrected chi connectivity index (χ4v) is 7.68. The van der Waals surface area contributed by atoms with Gasteiger partial charge in [0.25, 0.3) is 0 Å². The van der Waals surface area contributed by atoms with Crippen LogP contribution in [0.5, 0.6) is 0 Å². The Morgan fingerprint density at radius 1 is 0.365 bits per heavy atom. The molecule has 5 heteroatoms. The van der Waals surface area contributed by atoms with Crippen molar-refractivity contribution in [2.45, 2.75) is 0 Å². The van der Waals surface area contributed by atoms with Crippen molar-refractivity contribution in [3.8, 4) is 45.2 Å². The van der Waals surface area contributed by atoms with Crippen molar-refractivity contribution in [1.82, 2.24) is 15.0 Å². The number of furan rings is 2. The zero-order valence-corrected chi connectivity index (χ0v) is 27.7. The summed E-state index contributed by atoms with van der Waals surface area (Å²) in [5.74, 6) is 0.647. The number of hydrogen-bond donors (Lipinski definition) is 0. The Kier molecular flexibility index (Phi) is 6.18. The molecule has 0 aliphatic rings. The predicted molar refractivity (Wildman–Crippen MR) is 211 cm³/mol. The normalized spacial score (nSPS) is 11.8. The minimum Gasteiger partial charge on any atom is -0.456 e. The second-order valence-corrected chi connectivity index (χ2v) is 13.1. The minimum absolute atomic E-state index is 0.647. The van der Waals surface area contributed by atoms with Crippen molar-refractivity contribution in [2.24, 2.45) is 0 Å². The van der Waals surface area contributed by atoms with E-state index in [0.717, 1.165) is 105 Å². The van der Waals surface area contributed by atoms with Crippen molar-refractivity contribution in [3.05, 3.63) is 164 Å². The zero-order valence-electron chi connectivity index (χ0n) is 27.7. The first-order chi connectivity index (χ1) is 25.8. The molecule has 5 nitrogen and oxygen atoms in total. The molecule has 0 bridgehead atoms. The fraction of sp³-hybridized carbons (Fsp3) is 0. The van der Waals surface area contributed by atoms with Crippen LogP contribution in [0.4, 0.5) is 0 Å². The lowest BCUT2D eigenvalue weighted by molar-refractivity contribution is 0.669. The molecule has 0 radical (unpaired) electrons. The molecule has 7 aromatic carbocycles. The van der Waals surface area contributed by atoms with Gasteiger partial charge in [-0.2, -0.15) is 0 Å². The number of nitrogens with zero attached hydrogens (tertiary/aromatic N) is 3. The van der Waals surface area contributed by atoms with E-state index >= 15 is 0 Å². The third kappa shape index (κ3) is 4.39. The molecule has 52 heavy (non-hydrogen) atoms. The van der Waals surface area contributed by atoms with E-state index in [4.69, 9.17) is 23.8 Å². The summed E-state index contributed by atoms with van der Waals surface area (Å²) in [7, 11) is 0. The molecule has 0 amide bonds. The van der Waals surface area contributed by atoms with Gasteiger partial charge >= 0.3 is 0 Å². The largest absolute Gasteiger partial charge is 0.456 e. The average Bonchev–Trinajstić information content (AvgIpc) is 3.79. The number of fused-ring (bicyclic) bond motifs is 10. The molecule has 11 rings (SSSR count). The van der Waals surface area contributed by atoms with Gasteiger partial charge in [0, 0.05) is 60.0 Å². The number of benzene rings is 7. The van der Waals surface area contributed by atoms with E-state index in [2.05, 4.69) is 103 Å². The number of aromatic nitrogens is 3. The number of pyridine rings is 1. The Morgan fingerprint density at radius 2 is 1.06 bits per heavy atom. The van der Waals surface area contributed by atoms with E-state index in [9.17, 15) is 0 Å². The summed E-state index contributed by atoms with van der Waals surface area (Å²) in [6, 6.07) is 56.0. The summed E-state index contributed by atoms with van der Waals surface area (Å²) in [5, 5.41) is 7.53. The Labute approximate surface area is 297 Å². The maximum Gasteiger partial charge on any atom is 0.160 e. The van der Waals surface area contributed by atoms with Crippen LogP contribution in [0.1, 0.15) is 0 Å². The van der Waals surface area contributed by atoms with Crippen LogP contribution >= 0.6 is 0 Å². The second kappa shape index (κ2) is 11.2. The lowest BCUT2D eigenvalue weighted by Gasteiger charge is -2.11. The number of para-hydroxylation sites is 3. The van der Waals surface area contributed by atoms with Crippen LogP contribution in [0.15, 0.2) is 173 Å². The summed E-state index contributed by atoms with van der Waals surface area (Å²) in [6.45, 7) is 0. The lowest BCUT2D eigenvalue weighted by Crippen LogP contribution is -1.96. The van der Waals surface area contributed by atoms with Crippen LogP contribution in [0.2, 0.25) is 0 Å². The Morgan fingerprint density at radius 3 is 1.92 bits per heavy atom. The van der Waals surface area contributed by atoms with Gasteiger partial charge in [-0.15, -0.1) is 0 Å². The molecule has 0 N–H and O–H groups in total. The summed E-state index contributed by atoms with van der Waals surface area (Å²) >= 11 is 0. The number of hydrogen-bond acceptors (Lipinski definition) is 5. The third-order valence-electron chi connectivity index (χ3n) is 10.1. The maximum atomic E-state index is 6.54. The molecule has 242 valence electrons. The van der Waals surface area contributed by atoms with Crippen LogP contribution in [0, 0.1) is 0 Å². The summed E-state index contributed by atoms with van der Waals surface area (Å²) in [5.41, 5.74) is 10.7. The van der Waals surface area contributed by atoms with E-state index in [1.165, 1.54) is 0 Å². The van der Waals surface area contributed by atoms with Gasteiger partial charge in [-0.1, -0.05) is 109 Å². The van der Waals surface area contributed by atoms with Crippen LogP contribution < -0.4 is 0 Å². The van der Waals surface area contributed by atoms with Gasteiger partial charge in [-0.3, -0.25) is 0 Å². The average molecular weight is 666 g/mol. The van der Waals surface area contributed by atoms with Crippen LogP contribution in [-0.4, -0.2) is 15.0 Å². The van der Waals surface area contributed by atoms with Crippen LogP contribution in [0.3, 0.4) is 0 Å². The molecule has 0 saturated carbocycles. The summed E-state index contributed by atoms with van der Waals surface area (Å²) in [6.07, 6.45) is 0. The van der Waals surface area contributed by atoms with E-state index in [0.29, 0.717) is 5.82 Å². The first-order valence-corrected chi connectivity index (χ1v) is 17.4. The standard InChI is InChI=1S/C47H27N3O2/c1-3-12-28(13-4-1)45-35-23-25-42-44(43(35)33-17-7-9-20-37(33)48-45)36-26-30(22-24-41(36)51-42)38-27-39(50-47(49-38)29-14-5-2-6-15-29)34-19-11-18-32-31-16-8-10-21-40(31)52-46(32)34/h1-27H. The first kappa shape index (κ1) is 28.7. The molecule has 0 saturated heterocycles. The van der Waals surface area contributed by atoms with Crippen LogP contribution in [0.25, 0.3) is 111 Å². The van der Waals surface area contributed by atoms with Gasteiger partial charge in [0.1, 0.15) is 22.3 Å². The highest BCUT2D eigenvalue weighted by Crippen LogP contribution is 2.43. The molecular formula is C47H27N3O2. The zero-order chi connectivity index (χ0) is 34.2. The van der Waals surface area contributed by atoms with Crippen molar-refractivity contribution >= 4 is 65.6 Å². The molecule has 11 aromatic rings. The molecule has 4 heterocycles. The highest BCUT2D eigenvalue weighted by atomic mass is 16.3. The topological polar surface area (TPSA) is 65.0 Å². The Balaban J connectivity index is 1.18. The van der Waals surface area contributed by atoms with E-state index in [1.54, 1.807) is 0 Å². The molecule has 0 fully saturated rings. The monoisotopic (exact) mass is 665 g/mol. The number of rotatable bonds is 4. The van der Waals surface area contributed by atoms with Gasteiger partial charge in [0.2, 0.25) is 0 Å². The molecule has 0 aliphatic carbocycles. The van der Waals surface area contributed by atoms with E-state index in [-0.39, 0.29) is 0 Å². The molecule has 0 spiro atoms. The van der Waals surface area contributed by atoms with Crippen molar-refractivity contribution in [1.29, 1.82) is 0 Å². The molecule has 0 atom stereocenters. The van der Waals surface area contributed by atoms with E-state index < -0.39 is 0 Å². The van der Waals surface area contributed by atoms with Gasteiger partial charge in [-0.25, -0.2) is 15.0 Å². The third-order valence-corrected chi connectivity index (χ3v) is 10.1. The van der Waals surface area contributed by atoms with Gasteiger partial charge in [-0.05, 0) is 54.6 Å². The van der Waals surface area contributed by atoms with E-state index in [1.807, 2.05) is 60.7 Å². The highest BCUT2D eigenvalue weighted by Gasteiger charge is 2.20. The quantitative estimate of drug-likeness (QED) is 0.175. The molecule has 0 unspecified atom stereocenters. The van der Waals surface area contributed by atoms with Gasteiger partial charge in [0.15, 0.2) is 5.82 Å². The Bertz CT molecular complexity index is 3180. The smallest absolute Gasteiger partial charge is 0.160 e. The SMILES string of the molecule is c1ccc(-c2nc(-c3ccc4oc5ccc6c(-c7ccccc7)nc7ccccc7c6c5c4c3)cc(-c3cccc4c3oc3ccccc34)n2)cc1. The summed E-state index contributed by atoms with van der Waals surface area (Å²) < 4.78 is 13.0. The van der Waals surface area contributed by atoms with Gasteiger partial charge in [0.05, 0.1) is 22.6 Å². The lowest BCUT2D eigenvalue weighted by atomic mass is 9.95. The molecular weight excluding hydrogens is 639 g/mol. The van der Waals surface area contributed by atoms with Crippen molar-refractivity contribution in [2.75, 3.05) is 0 Å². The first-order valence-electron chi connectivity index (χ1n) is 17.4. The Hall–Kier alpha value is -7.11. The molecule has 4 aromatic heterocycles. The van der Waals surface area contributed by atoms with Crippen molar-refractivity contribution in [3.63, 3.8) is 0 Å². The highest BCUT2D eigenvalue weighted by molar-refractivity contribution is 6.28. The summed E-state index contributed by atoms with van der Waals surface area (Å²) in [4.78, 5) is 15.5. The molecule has 0 aliphatic heterocycles. The predicted octanol–water partition coefficient (Wildman–Crippen LogP) is 12.6. The maximum absolute atomic E-state index is 6.54. The van der Waals surface area contributed by atoms with Crippen molar-refractivity contribution < 1.29 is 8.83 Å². The second-order valence-electron chi connectivity index (χ2n) is 13.1.